The molecule has 92 valence electrons. The second-order valence-electron chi connectivity index (χ2n) is 4.24. The lowest BCUT2D eigenvalue weighted by atomic mass is 10.1. The van der Waals surface area contributed by atoms with E-state index in [-0.39, 0.29) is 12.1 Å². The summed E-state index contributed by atoms with van der Waals surface area (Å²) in [5.74, 6) is 0. The topological polar surface area (TPSA) is 58.4 Å². The third kappa shape index (κ3) is 3.96. The van der Waals surface area contributed by atoms with Gasteiger partial charge in [-0.05, 0) is 25.7 Å². The predicted octanol–water partition coefficient (Wildman–Crippen LogP) is 1.64. The third-order valence-corrected chi connectivity index (χ3v) is 3.15. The zero-order valence-electron chi connectivity index (χ0n) is 9.87. The molecule has 1 unspecified atom stereocenters. The highest BCUT2D eigenvalue weighted by molar-refractivity contribution is 7.80. The molecule has 4 nitrogen and oxygen atoms in total. The molecule has 1 fully saturated rings. The second-order valence-corrected chi connectivity index (χ2v) is 4.71. The number of hydrogen-bond acceptors (Lipinski definition) is 2. The monoisotopic (exact) mass is 243 g/mol. The first kappa shape index (κ1) is 13.2. The smallest absolute Gasteiger partial charge is 0.317 e. The molecule has 0 spiro atoms. The lowest BCUT2D eigenvalue weighted by Gasteiger charge is -2.29. The van der Waals surface area contributed by atoms with Gasteiger partial charge in [-0.2, -0.15) is 0 Å². The fourth-order valence-corrected chi connectivity index (χ4v) is 2.09. The van der Waals surface area contributed by atoms with E-state index in [9.17, 15) is 4.79 Å². The van der Waals surface area contributed by atoms with E-state index in [0.29, 0.717) is 4.99 Å². The van der Waals surface area contributed by atoms with Gasteiger partial charge >= 0.3 is 6.03 Å². The maximum atomic E-state index is 11.9. The maximum Gasteiger partial charge on any atom is 0.317 e. The molecule has 0 aliphatic carbocycles. The number of carbonyl (C=O) groups is 1. The van der Waals surface area contributed by atoms with Crippen LogP contribution < -0.4 is 11.1 Å². The van der Waals surface area contributed by atoms with Crippen LogP contribution in [0.1, 0.15) is 39.0 Å². The van der Waals surface area contributed by atoms with Gasteiger partial charge in [0.15, 0.2) is 0 Å². The van der Waals surface area contributed by atoms with Crippen molar-refractivity contribution >= 4 is 23.2 Å². The summed E-state index contributed by atoms with van der Waals surface area (Å²) in [6, 6.07) is -0.180. The number of thiocarbonyl (C=S) groups is 1. The molecule has 1 rings (SSSR count). The molecule has 0 bridgehead atoms. The molecule has 3 N–H and O–H groups in total. The molecular weight excluding hydrogens is 222 g/mol. The fraction of sp³-hybridized carbons (Fsp3) is 0.818. The SMILES string of the molecule is CCCC(NC(=O)N1CCCCC1)C(N)=S. The van der Waals surface area contributed by atoms with Gasteiger partial charge in [0.1, 0.15) is 0 Å². The number of likely N-dealkylation sites (tertiary alicyclic amines) is 1. The number of rotatable bonds is 4. The summed E-state index contributed by atoms with van der Waals surface area (Å²) in [5.41, 5.74) is 5.60. The highest BCUT2D eigenvalue weighted by Gasteiger charge is 2.20. The van der Waals surface area contributed by atoms with Gasteiger partial charge in [-0.25, -0.2) is 4.79 Å². The van der Waals surface area contributed by atoms with Crippen LogP contribution in [0.15, 0.2) is 0 Å². The molecule has 0 aromatic carbocycles. The highest BCUT2D eigenvalue weighted by Crippen LogP contribution is 2.09. The van der Waals surface area contributed by atoms with Crippen LogP contribution in [0.3, 0.4) is 0 Å². The minimum Gasteiger partial charge on any atom is -0.392 e. The van der Waals surface area contributed by atoms with Crippen LogP contribution in [0, 0.1) is 0 Å². The van der Waals surface area contributed by atoms with Gasteiger partial charge in [0.2, 0.25) is 0 Å². The Kier molecular flexibility index (Phi) is 5.52. The zero-order chi connectivity index (χ0) is 12.0. The van der Waals surface area contributed by atoms with Crippen LogP contribution in [0.25, 0.3) is 0 Å². The zero-order valence-corrected chi connectivity index (χ0v) is 10.7. The molecule has 1 aliphatic heterocycles. The Balaban J connectivity index is 2.43. The normalized spacial score (nSPS) is 17.9. The van der Waals surface area contributed by atoms with Crippen molar-refractivity contribution < 1.29 is 4.79 Å². The number of amides is 2. The lowest BCUT2D eigenvalue weighted by Crippen LogP contribution is -2.50. The molecular formula is C11H21N3OS. The average molecular weight is 243 g/mol. The number of nitrogens with one attached hydrogen (secondary N) is 1. The molecule has 1 heterocycles. The van der Waals surface area contributed by atoms with Crippen molar-refractivity contribution in [1.82, 2.24) is 10.2 Å². The highest BCUT2D eigenvalue weighted by atomic mass is 32.1. The molecule has 1 aliphatic rings. The van der Waals surface area contributed by atoms with Crippen LogP contribution >= 0.6 is 12.2 Å². The summed E-state index contributed by atoms with van der Waals surface area (Å²) >= 11 is 4.95. The van der Waals surface area contributed by atoms with Crippen molar-refractivity contribution in [2.24, 2.45) is 5.73 Å². The van der Waals surface area contributed by atoms with Gasteiger partial charge in [0, 0.05) is 13.1 Å². The van der Waals surface area contributed by atoms with Crippen molar-refractivity contribution in [1.29, 1.82) is 0 Å². The van der Waals surface area contributed by atoms with Gasteiger partial charge in [0.05, 0.1) is 11.0 Å². The Labute approximate surface area is 103 Å². The van der Waals surface area contributed by atoms with Crippen LogP contribution in [0.2, 0.25) is 0 Å². The van der Waals surface area contributed by atoms with Gasteiger partial charge in [-0.15, -0.1) is 0 Å². The molecule has 0 aromatic heterocycles. The standard InChI is InChI=1S/C11H21N3OS/c1-2-6-9(10(12)16)13-11(15)14-7-4-3-5-8-14/h9H,2-8H2,1H3,(H2,12,16)(H,13,15). The molecule has 2 amide bonds. The predicted molar refractivity (Wildman–Crippen MR) is 69.4 cm³/mol. The van der Waals surface area contributed by atoms with Crippen molar-refractivity contribution in [3.63, 3.8) is 0 Å². The van der Waals surface area contributed by atoms with Crippen LogP contribution in [0.5, 0.6) is 0 Å². The van der Waals surface area contributed by atoms with Gasteiger partial charge in [-0.3, -0.25) is 0 Å². The molecule has 16 heavy (non-hydrogen) atoms. The number of piperidine rings is 1. The van der Waals surface area contributed by atoms with Crippen LogP contribution in [-0.2, 0) is 0 Å². The summed E-state index contributed by atoms with van der Waals surface area (Å²) in [7, 11) is 0. The van der Waals surface area contributed by atoms with E-state index in [1.807, 2.05) is 4.90 Å². The van der Waals surface area contributed by atoms with E-state index in [1.165, 1.54) is 6.42 Å². The summed E-state index contributed by atoms with van der Waals surface area (Å²) in [4.78, 5) is 14.1. The van der Waals surface area contributed by atoms with Crippen LogP contribution in [0.4, 0.5) is 4.79 Å². The average Bonchev–Trinajstić information content (AvgIpc) is 2.29. The molecule has 0 radical (unpaired) electrons. The van der Waals surface area contributed by atoms with E-state index < -0.39 is 0 Å². The summed E-state index contributed by atoms with van der Waals surface area (Å²) in [6.45, 7) is 3.75. The minimum atomic E-state index is -0.158. The molecule has 0 saturated carbocycles. The first-order chi connectivity index (χ1) is 7.65. The molecule has 1 saturated heterocycles. The molecule has 1 atom stereocenters. The fourth-order valence-electron chi connectivity index (χ4n) is 1.91. The van der Waals surface area contributed by atoms with E-state index in [1.54, 1.807) is 0 Å². The Bertz CT molecular complexity index is 252. The van der Waals surface area contributed by atoms with Gasteiger partial charge in [0.25, 0.3) is 0 Å². The van der Waals surface area contributed by atoms with Crippen molar-refractivity contribution in [2.45, 2.75) is 45.1 Å². The van der Waals surface area contributed by atoms with Crippen molar-refractivity contribution in [2.75, 3.05) is 13.1 Å². The second kappa shape index (κ2) is 6.68. The molecule has 0 aromatic rings. The Morgan fingerprint density at radius 3 is 2.56 bits per heavy atom. The van der Waals surface area contributed by atoms with Crippen LogP contribution in [-0.4, -0.2) is 35.1 Å². The summed E-state index contributed by atoms with van der Waals surface area (Å²) in [6.07, 6.45) is 5.19. The number of nitrogens with two attached hydrogens (primary N) is 1. The van der Waals surface area contributed by atoms with Crippen molar-refractivity contribution in [3.05, 3.63) is 0 Å². The number of nitrogens with zero attached hydrogens (tertiary/aromatic N) is 1. The van der Waals surface area contributed by atoms with Crippen molar-refractivity contribution in [3.8, 4) is 0 Å². The minimum absolute atomic E-state index is 0.0223. The third-order valence-electron chi connectivity index (χ3n) is 2.86. The number of carbonyl (C=O) groups excluding carboxylic acids is 1. The van der Waals surface area contributed by atoms with E-state index in [4.69, 9.17) is 18.0 Å². The van der Waals surface area contributed by atoms with Gasteiger partial charge in [-0.1, -0.05) is 25.6 Å². The van der Waals surface area contributed by atoms with E-state index in [2.05, 4.69) is 12.2 Å². The van der Waals surface area contributed by atoms with Gasteiger partial charge < -0.3 is 16.0 Å². The number of hydrogen-bond donors (Lipinski definition) is 2. The van der Waals surface area contributed by atoms with E-state index in [0.717, 1.165) is 38.8 Å². The summed E-state index contributed by atoms with van der Waals surface area (Å²) in [5, 5.41) is 2.91. The van der Waals surface area contributed by atoms with E-state index >= 15 is 0 Å². The maximum absolute atomic E-state index is 11.9. The summed E-state index contributed by atoms with van der Waals surface area (Å²) < 4.78 is 0. The Morgan fingerprint density at radius 1 is 1.44 bits per heavy atom. The lowest BCUT2D eigenvalue weighted by molar-refractivity contribution is 0.184. The Morgan fingerprint density at radius 2 is 2.06 bits per heavy atom. The first-order valence-electron chi connectivity index (χ1n) is 6.00. The first-order valence-corrected chi connectivity index (χ1v) is 6.40. The quantitative estimate of drug-likeness (QED) is 0.738. The largest absolute Gasteiger partial charge is 0.392 e. The number of urea groups is 1. The molecule has 5 heteroatoms. The Hall–Kier alpha value is -0.840.